The van der Waals surface area contributed by atoms with E-state index in [4.69, 9.17) is 9.47 Å². The number of benzene rings is 4. The maximum Gasteiger partial charge on any atom is 0.358 e. The van der Waals surface area contributed by atoms with Gasteiger partial charge in [-0.3, -0.25) is 14.4 Å². The molecule has 0 radical (unpaired) electrons. The molecule has 4 aromatic carbocycles. The number of nitrogens with zero attached hydrogens (tertiary/aromatic N) is 8. The number of methoxy groups -OCH3 is 2. The van der Waals surface area contributed by atoms with E-state index in [1.807, 2.05) is 60.7 Å². The molecule has 8 rings (SSSR count). The van der Waals surface area contributed by atoms with Crippen LogP contribution >= 0.6 is 0 Å². The summed E-state index contributed by atoms with van der Waals surface area (Å²) in [5, 5.41) is 27.5. The number of pyridine rings is 2. The molecule has 4 heterocycles. The summed E-state index contributed by atoms with van der Waals surface area (Å²) in [6.45, 7) is 1.80. The van der Waals surface area contributed by atoms with Crippen molar-refractivity contribution in [1.29, 1.82) is 0 Å². The lowest BCUT2D eigenvalue weighted by molar-refractivity contribution is 0.0595. The van der Waals surface area contributed by atoms with Crippen LogP contribution in [0.4, 0.5) is 11.4 Å². The lowest BCUT2D eigenvalue weighted by atomic mass is 9.99. The second-order valence-electron chi connectivity index (χ2n) is 13.3. The zero-order valence-corrected chi connectivity index (χ0v) is 33.1. The van der Waals surface area contributed by atoms with Gasteiger partial charge in [-0.2, -0.15) is 0 Å². The average Bonchev–Trinajstić information content (AvgIpc) is 4.02. The van der Waals surface area contributed by atoms with Gasteiger partial charge in [0.1, 0.15) is 0 Å². The van der Waals surface area contributed by atoms with Crippen LogP contribution in [0.3, 0.4) is 0 Å². The molecular formula is C44H39N11O6. The minimum atomic E-state index is -0.617. The zero-order chi connectivity index (χ0) is 42.6. The Labute approximate surface area is 348 Å². The fraction of sp³-hybridized carbons (Fsp3) is 0.136. The first-order valence-corrected chi connectivity index (χ1v) is 18.9. The first kappa shape index (κ1) is 41.0. The Balaban J connectivity index is 0.000000185. The zero-order valence-electron chi connectivity index (χ0n) is 33.1. The van der Waals surface area contributed by atoms with Crippen molar-refractivity contribution in [3.05, 3.63) is 168 Å². The topological polar surface area (TPSA) is 210 Å². The van der Waals surface area contributed by atoms with Gasteiger partial charge in [0.25, 0.3) is 17.7 Å². The monoisotopic (exact) mass is 817 g/mol. The van der Waals surface area contributed by atoms with Crippen LogP contribution in [0.1, 0.15) is 52.8 Å². The van der Waals surface area contributed by atoms with Crippen molar-refractivity contribution in [2.75, 3.05) is 38.0 Å². The van der Waals surface area contributed by atoms with E-state index >= 15 is 0 Å². The number of anilines is 2. The molecule has 17 heteroatoms. The summed E-state index contributed by atoms with van der Waals surface area (Å²) in [5.41, 5.74) is 3.84. The fourth-order valence-electron chi connectivity index (χ4n) is 6.56. The summed E-state index contributed by atoms with van der Waals surface area (Å²) < 4.78 is 13.1. The van der Waals surface area contributed by atoms with Crippen molar-refractivity contribution in [3.8, 4) is 0 Å². The van der Waals surface area contributed by atoms with Crippen molar-refractivity contribution in [1.82, 2.24) is 45.3 Å². The number of hydrogen-bond donors (Lipinski definition) is 3. The van der Waals surface area contributed by atoms with E-state index in [1.165, 1.54) is 19.5 Å². The molecule has 0 aliphatic carbocycles. The van der Waals surface area contributed by atoms with Gasteiger partial charge < -0.3 is 25.4 Å². The Kier molecular flexibility index (Phi) is 13.1. The summed E-state index contributed by atoms with van der Waals surface area (Å²) in [6, 6.07) is 29.2. The van der Waals surface area contributed by atoms with Gasteiger partial charge in [-0.25, -0.2) is 24.1 Å². The summed E-state index contributed by atoms with van der Waals surface area (Å²) >= 11 is 0. The van der Waals surface area contributed by atoms with Gasteiger partial charge in [0, 0.05) is 49.6 Å². The first-order chi connectivity index (χ1) is 29.8. The number of fused-ring (bicyclic) bond motifs is 2. The summed E-state index contributed by atoms with van der Waals surface area (Å²) in [7, 11) is 2.82. The number of rotatable bonds is 13. The van der Waals surface area contributed by atoms with Crippen LogP contribution in [-0.4, -0.2) is 91.0 Å². The highest BCUT2D eigenvalue weighted by atomic mass is 16.5. The van der Waals surface area contributed by atoms with Crippen molar-refractivity contribution in [3.63, 3.8) is 0 Å². The second-order valence-corrected chi connectivity index (χ2v) is 13.3. The van der Waals surface area contributed by atoms with Gasteiger partial charge in [0.15, 0.2) is 11.4 Å². The van der Waals surface area contributed by atoms with Crippen LogP contribution in [0.15, 0.2) is 134 Å². The molecule has 3 amide bonds. The number of aromatic nitrogens is 8. The van der Waals surface area contributed by atoms with Crippen molar-refractivity contribution in [2.45, 2.75) is 13.1 Å². The van der Waals surface area contributed by atoms with Crippen LogP contribution < -0.4 is 16.0 Å². The third kappa shape index (κ3) is 9.76. The molecular weight excluding hydrogens is 779 g/mol. The van der Waals surface area contributed by atoms with E-state index in [9.17, 15) is 19.2 Å². The highest BCUT2D eigenvalue weighted by Crippen LogP contribution is 2.27. The lowest BCUT2D eigenvalue weighted by Gasteiger charge is -2.13. The smallest absolute Gasteiger partial charge is 0.358 e. The molecule has 0 saturated carbocycles. The molecule has 4 aromatic heterocycles. The molecule has 0 bridgehead atoms. The van der Waals surface area contributed by atoms with Gasteiger partial charge in [-0.1, -0.05) is 71.1 Å². The number of hydrogen-bond acceptors (Lipinski definition) is 12. The van der Waals surface area contributed by atoms with Crippen LogP contribution in [0.5, 0.6) is 0 Å². The highest BCUT2D eigenvalue weighted by Gasteiger charge is 2.20. The van der Waals surface area contributed by atoms with Crippen molar-refractivity contribution < 1.29 is 28.7 Å². The van der Waals surface area contributed by atoms with Crippen molar-refractivity contribution in [2.24, 2.45) is 0 Å². The predicted octanol–water partition coefficient (Wildman–Crippen LogP) is 5.42. The van der Waals surface area contributed by atoms with E-state index in [0.717, 1.165) is 32.7 Å². The normalized spacial score (nSPS) is 10.7. The van der Waals surface area contributed by atoms with Crippen LogP contribution in [0.25, 0.3) is 21.5 Å². The van der Waals surface area contributed by atoms with E-state index in [2.05, 4.69) is 46.5 Å². The number of carbonyl (C=O) groups is 4. The third-order valence-corrected chi connectivity index (χ3v) is 9.42. The average molecular weight is 818 g/mol. The number of amides is 3. The number of nitrogens with one attached hydrogen (secondary N) is 3. The Hall–Kier alpha value is -8.18. The standard InChI is InChI=1S/C23H22N6O3.C21H17N5O3/c1-32-14-12-25-23(31)21-20(7-4-10-24-21)27-22(30)19-9-8-16(15-29-13-11-26-28-29)17-5-2-3-6-18(17)19;1-29-21(28)19-18(7-4-10-22-19)24-20(27)17-9-8-14(13-26-12-11-23-25-26)15-5-2-3-6-16(15)17/h2-11,13H,12,14-15H2,1H3,(H,25,31)(H,27,30);2-12H,13H2,1H3,(H,24,27). The molecule has 3 N–H and O–H groups in total. The van der Waals surface area contributed by atoms with E-state index in [0.29, 0.717) is 48.7 Å². The maximum absolute atomic E-state index is 13.2. The Morgan fingerprint density at radius 1 is 0.557 bits per heavy atom. The summed E-state index contributed by atoms with van der Waals surface area (Å²) in [5.74, 6) is -1.67. The summed E-state index contributed by atoms with van der Waals surface area (Å²) in [4.78, 5) is 58.7. The third-order valence-electron chi connectivity index (χ3n) is 9.42. The quantitative estimate of drug-likeness (QED) is 0.0985. The molecule has 61 heavy (non-hydrogen) atoms. The molecule has 0 spiro atoms. The van der Waals surface area contributed by atoms with Crippen LogP contribution in [0, 0.1) is 0 Å². The lowest BCUT2D eigenvalue weighted by Crippen LogP contribution is -2.29. The minimum Gasteiger partial charge on any atom is -0.464 e. The van der Waals surface area contributed by atoms with Gasteiger partial charge in [0.05, 0.1) is 50.6 Å². The molecule has 0 aliphatic heterocycles. The molecule has 0 unspecified atom stereocenters. The first-order valence-electron chi connectivity index (χ1n) is 18.9. The number of ether oxygens (including phenoxy) is 2. The molecule has 0 saturated heterocycles. The molecule has 8 aromatic rings. The van der Waals surface area contributed by atoms with Gasteiger partial charge in [-0.05, 0) is 69.1 Å². The Morgan fingerprint density at radius 2 is 1.05 bits per heavy atom. The Bertz CT molecular complexity index is 2810. The Morgan fingerprint density at radius 3 is 1.52 bits per heavy atom. The molecule has 0 aliphatic rings. The summed E-state index contributed by atoms with van der Waals surface area (Å²) in [6.07, 6.45) is 9.80. The molecule has 306 valence electrons. The van der Waals surface area contributed by atoms with Crippen LogP contribution in [-0.2, 0) is 22.6 Å². The van der Waals surface area contributed by atoms with Gasteiger partial charge in [-0.15, -0.1) is 10.2 Å². The van der Waals surface area contributed by atoms with Gasteiger partial charge in [0.2, 0.25) is 0 Å². The molecule has 0 fully saturated rings. The minimum absolute atomic E-state index is 0.0513. The highest BCUT2D eigenvalue weighted by molar-refractivity contribution is 6.16. The number of carbonyl (C=O) groups excluding carboxylic acids is 4. The second kappa shape index (κ2) is 19.5. The van der Waals surface area contributed by atoms with E-state index in [1.54, 1.807) is 77.7 Å². The van der Waals surface area contributed by atoms with Crippen molar-refractivity contribution >= 4 is 56.6 Å². The number of esters is 1. The SMILES string of the molecule is COC(=O)c1ncccc1NC(=O)c1ccc(Cn2ccnn2)c2ccccc12.COCCNC(=O)c1ncccc1NC(=O)c1ccc(Cn2ccnn2)c2ccccc12. The molecule has 17 nitrogen and oxygen atoms in total. The largest absolute Gasteiger partial charge is 0.464 e. The maximum atomic E-state index is 13.2. The predicted molar refractivity (Wildman–Crippen MR) is 226 cm³/mol. The molecule has 0 atom stereocenters. The van der Waals surface area contributed by atoms with Crippen LogP contribution in [0.2, 0.25) is 0 Å². The van der Waals surface area contributed by atoms with Gasteiger partial charge >= 0.3 is 5.97 Å². The van der Waals surface area contributed by atoms with E-state index in [-0.39, 0.29) is 29.1 Å². The fourth-order valence-corrected chi connectivity index (χ4v) is 6.56. The van der Waals surface area contributed by atoms with E-state index < -0.39 is 5.97 Å².